The lowest BCUT2D eigenvalue weighted by molar-refractivity contribution is 0.614. The fraction of sp³-hybridized carbons (Fsp3) is 0.538. The fourth-order valence-electron chi connectivity index (χ4n) is 2.34. The van der Waals surface area contributed by atoms with Crippen LogP contribution in [0, 0.1) is 0 Å². The maximum atomic E-state index is 12.0. The summed E-state index contributed by atoms with van der Waals surface area (Å²) >= 11 is 0. The number of nitrogens with zero attached hydrogens (tertiary/aromatic N) is 3. The summed E-state index contributed by atoms with van der Waals surface area (Å²) < 4.78 is 3.40. The van der Waals surface area contributed by atoms with E-state index in [0.717, 1.165) is 29.9 Å². The number of aromatic nitrogens is 3. The molecule has 0 amide bonds. The second kappa shape index (κ2) is 4.94. The summed E-state index contributed by atoms with van der Waals surface area (Å²) in [5, 5.41) is 4.43. The molecule has 0 aliphatic carbocycles. The number of hydrogen-bond acceptors (Lipinski definition) is 3. The first-order chi connectivity index (χ1) is 8.62. The van der Waals surface area contributed by atoms with Gasteiger partial charge < -0.3 is 10.3 Å². The number of aryl methyl sites for hydroxylation is 1. The predicted octanol–water partition coefficient (Wildman–Crippen LogP) is 1.40. The molecule has 0 aliphatic heterocycles. The maximum Gasteiger partial charge on any atom is 0.274 e. The highest BCUT2D eigenvalue weighted by molar-refractivity contribution is 5.42. The normalized spacial score (nSPS) is 11.6. The third-order valence-corrected chi connectivity index (χ3v) is 3.60. The molecule has 5 nitrogen and oxygen atoms in total. The van der Waals surface area contributed by atoms with Gasteiger partial charge in [0.05, 0.1) is 5.69 Å². The molecule has 0 radical (unpaired) electrons. The number of rotatable bonds is 4. The molecule has 0 unspecified atom stereocenters. The van der Waals surface area contributed by atoms with E-state index >= 15 is 0 Å². The number of hydrogen-bond donors (Lipinski definition) is 1. The third-order valence-electron chi connectivity index (χ3n) is 3.60. The summed E-state index contributed by atoms with van der Waals surface area (Å²) in [4.78, 5) is 12.0. The van der Waals surface area contributed by atoms with E-state index < -0.39 is 0 Å². The first-order valence-electron chi connectivity index (χ1n) is 6.41. The van der Waals surface area contributed by atoms with Gasteiger partial charge in [0, 0.05) is 37.3 Å². The average molecular weight is 248 g/mol. The largest absolute Gasteiger partial charge is 0.331 e. The van der Waals surface area contributed by atoms with Crippen molar-refractivity contribution in [3.63, 3.8) is 0 Å². The lowest BCUT2D eigenvalue weighted by atomic mass is 10.00. The second-order valence-corrected chi connectivity index (χ2v) is 4.59. The van der Waals surface area contributed by atoms with Gasteiger partial charge in [0.25, 0.3) is 5.56 Å². The Morgan fingerprint density at radius 2 is 2.00 bits per heavy atom. The van der Waals surface area contributed by atoms with Crippen molar-refractivity contribution in [1.29, 1.82) is 0 Å². The maximum absolute atomic E-state index is 12.0. The molecule has 5 heteroatoms. The van der Waals surface area contributed by atoms with E-state index in [-0.39, 0.29) is 5.56 Å². The van der Waals surface area contributed by atoms with Crippen molar-refractivity contribution in [3.05, 3.63) is 33.9 Å². The van der Waals surface area contributed by atoms with Crippen LogP contribution in [0.15, 0.2) is 16.9 Å². The Kier molecular flexibility index (Phi) is 3.52. The molecular formula is C13H20N4O. The van der Waals surface area contributed by atoms with Crippen LogP contribution in [0.1, 0.15) is 44.0 Å². The predicted molar refractivity (Wildman–Crippen MR) is 71.6 cm³/mol. The highest BCUT2D eigenvalue weighted by Crippen LogP contribution is 2.22. The van der Waals surface area contributed by atoms with Crippen molar-refractivity contribution in [2.45, 2.75) is 39.2 Å². The van der Waals surface area contributed by atoms with Gasteiger partial charge in [0.2, 0.25) is 0 Å². The van der Waals surface area contributed by atoms with E-state index in [0.29, 0.717) is 12.5 Å². The Hall–Kier alpha value is -1.62. The second-order valence-electron chi connectivity index (χ2n) is 4.59. The molecule has 2 rings (SSSR count). The Labute approximate surface area is 106 Å². The van der Waals surface area contributed by atoms with Gasteiger partial charge in [-0.2, -0.15) is 9.61 Å². The zero-order chi connectivity index (χ0) is 13.3. The summed E-state index contributed by atoms with van der Waals surface area (Å²) in [6.45, 7) is 4.64. The van der Waals surface area contributed by atoms with Crippen LogP contribution in [0.25, 0.3) is 5.65 Å². The van der Waals surface area contributed by atoms with Crippen molar-refractivity contribution in [3.8, 4) is 0 Å². The Morgan fingerprint density at radius 3 is 2.56 bits per heavy atom. The van der Waals surface area contributed by atoms with Crippen LogP contribution in [-0.4, -0.2) is 14.2 Å². The van der Waals surface area contributed by atoms with Crippen LogP contribution < -0.4 is 11.3 Å². The van der Waals surface area contributed by atoms with E-state index in [1.165, 1.54) is 4.52 Å². The molecule has 0 saturated heterocycles. The first kappa shape index (κ1) is 12.8. The molecule has 0 atom stereocenters. The average Bonchev–Trinajstić information content (AvgIpc) is 2.81. The molecule has 98 valence electrons. The highest BCUT2D eigenvalue weighted by Gasteiger charge is 2.14. The summed E-state index contributed by atoms with van der Waals surface area (Å²) in [7, 11) is 1.91. The minimum absolute atomic E-state index is 0.110. The van der Waals surface area contributed by atoms with Gasteiger partial charge in [-0.1, -0.05) is 13.8 Å². The molecule has 2 heterocycles. The Morgan fingerprint density at radius 1 is 1.33 bits per heavy atom. The topological polar surface area (TPSA) is 65.3 Å². The lowest BCUT2D eigenvalue weighted by Gasteiger charge is -2.07. The van der Waals surface area contributed by atoms with Crippen LogP contribution in [0.5, 0.6) is 0 Å². The monoisotopic (exact) mass is 248 g/mol. The summed E-state index contributed by atoms with van der Waals surface area (Å²) in [6, 6.07) is 3.55. The zero-order valence-corrected chi connectivity index (χ0v) is 11.2. The standard InChI is InChI=1S/C13H20N4O/c1-4-9(5-2)11-7-12-16(3)10(8-14)6-13(18)17(12)15-11/h6-7,9H,4-5,8,14H2,1-3H3. The minimum atomic E-state index is -0.110. The van der Waals surface area contributed by atoms with Gasteiger partial charge >= 0.3 is 0 Å². The van der Waals surface area contributed by atoms with E-state index in [4.69, 9.17) is 5.73 Å². The van der Waals surface area contributed by atoms with E-state index in [1.807, 2.05) is 17.7 Å². The zero-order valence-electron chi connectivity index (χ0n) is 11.2. The van der Waals surface area contributed by atoms with Gasteiger partial charge in [0.15, 0.2) is 0 Å². The molecule has 18 heavy (non-hydrogen) atoms. The fourth-order valence-corrected chi connectivity index (χ4v) is 2.34. The minimum Gasteiger partial charge on any atom is -0.331 e. The third kappa shape index (κ3) is 1.95. The molecule has 0 spiro atoms. The molecule has 0 aliphatic rings. The van der Waals surface area contributed by atoms with E-state index in [9.17, 15) is 4.79 Å². The highest BCUT2D eigenvalue weighted by atomic mass is 16.1. The molecule has 0 saturated carbocycles. The van der Waals surface area contributed by atoms with Crippen molar-refractivity contribution in [2.75, 3.05) is 0 Å². The molecule has 0 bridgehead atoms. The van der Waals surface area contributed by atoms with Crippen LogP contribution in [0.3, 0.4) is 0 Å². The molecule has 2 aromatic rings. The van der Waals surface area contributed by atoms with Crippen LogP contribution in [-0.2, 0) is 13.6 Å². The number of fused-ring (bicyclic) bond motifs is 1. The van der Waals surface area contributed by atoms with E-state index in [1.54, 1.807) is 6.07 Å². The van der Waals surface area contributed by atoms with Crippen molar-refractivity contribution >= 4 is 5.65 Å². The molecular weight excluding hydrogens is 228 g/mol. The smallest absolute Gasteiger partial charge is 0.274 e. The quantitative estimate of drug-likeness (QED) is 0.889. The Bertz CT molecular complexity index is 607. The van der Waals surface area contributed by atoms with Gasteiger partial charge in [0.1, 0.15) is 5.65 Å². The van der Waals surface area contributed by atoms with Gasteiger partial charge in [-0.05, 0) is 12.8 Å². The molecule has 0 aromatic carbocycles. The lowest BCUT2D eigenvalue weighted by Crippen LogP contribution is -2.21. The molecule has 2 aromatic heterocycles. The Balaban J connectivity index is 2.67. The summed E-state index contributed by atoms with van der Waals surface area (Å²) in [6.07, 6.45) is 2.06. The van der Waals surface area contributed by atoms with Gasteiger partial charge in [-0.15, -0.1) is 0 Å². The van der Waals surface area contributed by atoms with Crippen molar-refractivity contribution in [1.82, 2.24) is 14.2 Å². The van der Waals surface area contributed by atoms with Crippen LogP contribution in [0.2, 0.25) is 0 Å². The van der Waals surface area contributed by atoms with E-state index in [2.05, 4.69) is 18.9 Å². The summed E-state index contributed by atoms with van der Waals surface area (Å²) in [5.41, 5.74) is 8.15. The van der Waals surface area contributed by atoms with Crippen molar-refractivity contribution < 1.29 is 0 Å². The van der Waals surface area contributed by atoms with Gasteiger partial charge in [-0.25, -0.2) is 0 Å². The number of nitrogens with two attached hydrogens (primary N) is 1. The van der Waals surface area contributed by atoms with Crippen molar-refractivity contribution in [2.24, 2.45) is 12.8 Å². The summed E-state index contributed by atoms with van der Waals surface area (Å²) in [5.74, 6) is 0.408. The molecule has 0 fully saturated rings. The SMILES string of the molecule is CCC(CC)c1cc2n(C)c(CN)cc(=O)n2n1. The van der Waals surface area contributed by atoms with Crippen LogP contribution in [0.4, 0.5) is 0 Å². The first-order valence-corrected chi connectivity index (χ1v) is 6.41. The molecule has 2 N–H and O–H groups in total. The van der Waals surface area contributed by atoms with Gasteiger partial charge in [-0.3, -0.25) is 4.79 Å². The van der Waals surface area contributed by atoms with Crippen LogP contribution >= 0.6 is 0 Å².